The normalized spacial score (nSPS) is 20.0. The van der Waals surface area contributed by atoms with Gasteiger partial charge in [-0.15, -0.1) is 0 Å². The van der Waals surface area contributed by atoms with Crippen molar-refractivity contribution in [2.24, 2.45) is 0 Å². The van der Waals surface area contributed by atoms with E-state index in [1.807, 2.05) is 0 Å². The third-order valence-electron chi connectivity index (χ3n) is 4.22. The first kappa shape index (κ1) is 16.0. The van der Waals surface area contributed by atoms with Crippen molar-refractivity contribution in [1.82, 2.24) is 9.88 Å². The van der Waals surface area contributed by atoms with Crippen molar-refractivity contribution in [2.75, 3.05) is 18.4 Å². The van der Waals surface area contributed by atoms with E-state index >= 15 is 0 Å². The van der Waals surface area contributed by atoms with E-state index in [1.54, 1.807) is 25.3 Å². The Morgan fingerprint density at radius 1 is 1.35 bits per heavy atom. The van der Waals surface area contributed by atoms with Crippen LogP contribution < -0.4 is 5.32 Å². The number of rotatable bonds is 2. The van der Waals surface area contributed by atoms with Crippen LogP contribution in [0.4, 0.5) is 23.2 Å². The van der Waals surface area contributed by atoms with Crippen molar-refractivity contribution in [3.05, 3.63) is 35.8 Å². The van der Waals surface area contributed by atoms with Crippen LogP contribution in [0, 0.1) is 12.7 Å². The van der Waals surface area contributed by atoms with Crippen LogP contribution in [0.3, 0.4) is 0 Å². The van der Waals surface area contributed by atoms with Crippen LogP contribution in [0.25, 0.3) is 10.9 Å². The summed E-state index contributed by atoms with van der Waals surface area (Å²) in [6.45, 7) is 1.51. The second kappa shape index (κ2) is 5.96. The van der Waals surface area contributed by atoms with Crippen molar-refractivity contribution in [2.45, 2.75) is 32.1 Å². The molecule has 3 rings (SSSR count). The summed E-state index contributed by atoms with van der Waals surface area (Å²) in [6.07, 6.45) is -1.70. The Kier molecular flexibility index (Phi) is 4.14. The number of likely N-dealkylation sites (tertiary alicyclic amines) is 1. The molecule has 1 aliphatic heterocycles. The molecule has 124 valence electrons. The first-order valence-electron chi connectivity index (χ1n) is 7.48. The van der Waals surface area contributed by atoms with Crippen molar-refractivity contribution in [3.63, 3.8) is 0 Å². The Bertz CT molecular complexity index is 714. The standard InChI is InChI=1S/C16H17F4N3/c1-10-13(17)8-14(12-5-2-6-21-15(10)12)22-11-4-3-7-23(9-11)16(18,19)20/h2,5-6,8,11,22H,3-4,7,9H2,1H3. The predicted molar refractivity (Wildman–Crippen MR) is 80.7 cm³/mol. The molecule has 1 aromatic heterocycles. The lowest BCUT2D eigenvalue weighted by Gasteiger charge is -2.34. The van der Waals surface area contributed by atoms with E-state index in [2.05, 4.69) is 10.3 Å². The van der Waals surface area contributed by atoms with E-state index in [0.717, 1.165) is 5.39 Å². The lowest BCUT2D eigenvalue weighted by Crippen LogP contribution is -2.48. The number of halogens is 4. The number of hydrogen-bond acceptors (Lipinski definition) is 3. The minimum atomic E-state index is -4.33. The van der Waals surface area contributed by atoms with Gasteiger partial charge in [-0.25, -0.2) is 9.29 Å². The predicted octanol–water partition coefficient (Wildman–Crippen LogP) is 4.08. The highest BCUT2D eigenvalue weighted by atomic mass is 19.4. The van der Waals surface area contributed by atoms with Crippen LogP contribution in [0.2, 0.25) is 0 Å². The smallest absolute Gasteiger partial charge is 0.380 e. The molecule has 0 radical (unpaired) electrons. The molecule has 7 heteroatoms. The monoisotopic (exact) mass is 327 g/mol. The topological polar surface area (TPSA) is 28.2 Å². The minimum absolute atomic E-state index is 0.00619. The molecule has 1 atom stereocenters. The van der Waals surface area contributed by atoms with Crippen LogP contribution in [-0.4, -0.2) is 35.3 Å². The van der Waals surface area contributed by atoms with E-state index in [9.17, 15) is 17.6 Å². The SMILES string of the molecule is Cc1c(F)cc(NC2CCCN(C(F)(F)F)C2)c2cccnc12. The molecule has 2 aromatic rings. The lowest BCUT2D eigenvalue weighted by molar-refractivity contribution is -0.250. The molecule has 0 amide bonds. The van der Waals surface area contributed by atoms with Gasteiger partial charge in [0.05, 0.1) is 5.52 Å². The number of aryl methyl sites for hydroxylation is 1. The lowest BCUT2D eigenvalue weighted by atomic mass is 10.0. The molecule has 0 spiro atoms. The van der Waals surface area contributed by atoms with Crippen molar-refractivity contribution in [3.8, 4) is 0 Å². The molecule has 1 unspecified atom stereocenters. The van der Waals surface area contributed by atoms with Crippen LogP contribution in [0.15, 0.2) is 24.4 Å². The summed E-state index contributed by atoms with van der Waals surface area (Å²) in [5.74, 6) is -0.415. The molecule has 0 saturated carbocycles. The first-order chi connectivity index (χ1) is 10.9. The number of fused-ring (bicyclic) bond motifs is 1. The molecule has 1 saturated heterocycles. The van der Waals surface area contributed by atoms with Gasteiger partial charge >= 0.3 is 6.30 Å². The van der Waals surface area contributed by atoms with Crippen molar-refractivity contribution in [1.29, 1.82) is 0 Å². The van der Waals surface area contributed by atoms with Gasteiger partial charge in [0.25, 0.3) is 0 Å². The van der Waals surface area contributed by atoms with Gasteiger partial charge in [-0.3, -0.25) is 4.98 Å². The van der Waals surface area contributed by atoms with E-state index in [0.29, 0.717) is 34.5 Å². The molecule has 3 nitrogen and oxygen atoms in total. The number of aromatic nitrogens is 1. The van der Waals surface area contributed by atoms with Gasteiger partial charge in [0, 0.05) is 42.0 Å². The third kappa shape index (κ3) is 3.24. The largest absolute Gasteiger partial charge is 0.459 e. The molecule has 0 aliphatic carbocycles. The highest BCUT2D eigenvalue weighted by Gasteiger charge is 2.39. The van der Waals surface area contributed by atoms with E-state index < -0.39 is 12.1 Å². The average Bonchev–Trinajstić information content (AvgIpc) is 2.52. The van der Waals surface area contributed by atoms with Crippen molar-refractivity contribution >= 4 is 16.6 Å². The summed E-state index contributed by atoms with van der Waals surface area (Å²) >= 11 is 0. The van der Waals surface area contributed by atoms with Crippen LogP contribution in [-0.2, 0) is 0 Å². The number of anilines is 1. The number of nitrogens with one attached hydrogen (secondary N) is 1. The highest BCUT2D eigenvalue weighted by molar-refractivity contribution is 5.93. The molecular formula is C16H17F4N3. The first-order valence-corrected chi connectivity index (χ1v) is 7.48. The maximum atomic E-state index is 14.1. The zero-order chi connectivity index (χ0) is 16.6. The molecule has 1 aliphatic rings. The Balaban J connectivity index is 1.88. The van der Waals surface area contributed by atoms with Gasteiger partial charge in [-0.2, -0.15) is 13.2 Å². The number of hydrogen-bond donors (Lipinski definition) is 1. The number of nitrogens with zero attached hydrogens (tertiary/aromatic N) is 2. The van der Waals surface area contributed by atoms with Gasteiger partial charge in [0.15, 0.2) is 0 Å². The van der Waals surface area contributed by atoms with E-state index in [4.69, 9.17) is 0 Å². The fraction of sp³-hybridized carbons (Fsp3) is 0.438. The summed E-state index contributed by atoms with van der Waals surface area (Å²) in [4.78, 5) is 4.68. The molecular weight excluding hydrogens is 310 g/mol. The quantitative estimate of drug-likeness (QED) is 0.665. The molecule has 1 N–H and O–H groups in total. The van der Waals surface area contributed by atoms with Gasteiger partial charge < -0.3 is 5.32 Å². The molecule has 1 aromatic carbocycles. The second-order valence-electron chi connectivity index (χ2n) is 5.83. The Hall–Kier alpha value is -1.89. The fourth-order valence-corrected chi connectivity index (χ4v) is 3.01. The molecule has 1 fully saturated rings. The number of alkyl halides is 3. The Morgan fingerprint density at radius 3 is 2.87 bits per heavy atom. The zero-order valence-corrected chi connectivity index (χ0v) is 12.6. The number of piperidine rings is 1. The van der Waals surface area contributed by atoms with Gasteiger partial charge in [0.2, 0.25) is 0 Å². The summed E-state index contributed by atoms with van der Waals surface area (Å²) in [5, 5.41) is 3.79. The van der Waals surface area contributed by atoms with Crippen LogP contribution in [0.1, 0.15) is 18.4 Å². The van der Waals surface area contributed by atoms with Gasteiger partial charge in [-0.1, -0.05) is 0 Å². The van der Waals surface area contributed by atoms with Crippen molar-refractivity contribution < 1.29 is 17.6 Å². The summed E-state index contributed by atoms with van der Waals surface area (Å²) in [7, 11) is 0. The summed E-state index contributed by atoms with van der Waals surface area (Å²) in [5.41, 5.74) is 1.45. The Morgan fingerprint density at radius 2 is 2.13 bits per heavy atom. The molecule has 2 heterocycles. The molecule has 0 bridgehead atoms. The third-order valence-corrected chi connectivity index (χ3v) is 4.22. The zero-order valence-electron chi connectivity index (χ0n) is 12.6. The summed E-state index contributed by atoms with van der Waals surface area (Å²) in [6, 6.07) is 4.48. The van der Waals surface area contributed by atoms with E-state index in [-0.39, 0.29) is 19.1 Å². The van der Waals surface area contributed by atoms with Crippen LogP contribution in [0.5, 0.6) is 0 Å². The maximum Gasteiger partial charge on any atom is 0.459 e. The second-order valence-corrected chi connectivity index (χ2v) is 5.83. The number of pyridine rings is 1. The fourth-order valence-electron chi connectivity index (χ4n) is 3.01. The van der Waals surface area contributed by atoms with Gasteiger partial charge in [0.1, 0.15) is 5.82 Å². The van der Waals surface area contributed by atoms with E-state index in [1.165, 1.54) is 6.07 Å². The van der Waals surface area contributed by atoms with Crippen LogP contribution >= 0.6 is 0 Å². The maximum absolute atomic E-state index is 14.1. The summed E-state index contributed by atoms with van der Waals surface area (Å²) < 4.78 is 52.6. The highest BCUT2D eigenvalue weighted by Crippen LogP contribution is 2.30. The molecule has 23 heavy (non-hydrogen) atoms. The minimum Gasteiger partial charge on any atom is -0.380 e. The number of benzene rings is 1. The van der Waals surface area contributed by atoms with Gasteiger partial charge in [-0.05, 0) is 38.0 Å². The average molecular weight is 327 g/mol. The Labute approximate surface area is 131 Å².